The second-order valence-corrected chi connectivity index (χ2v) is 6.80. The van der Waals surface area contributed by atoms with E-state index in [1.807, 2.05) is 6.92 Å². The van der Waals surface area contributed by atoms with E-state index in [0.29, 0.717) is 37.6 Å². The zero-order chi connectivity index (χ0) is 17.3. The molecule has 1 unspecified atom stereocenters. The molecule has 2 fully saturated rings. The molecule has 0 bridgehead atoms. The number of hydrogen-bond donors (Lipinski definition) is 1. The van der Waals surface area contributed by atoms with Crippen LogP contribution < -0.4 is 5.56 Å². The van der Waals surface area contributed by atoms with Crippen molar-refractivity contribution in [1.82, 2.24) is 19.8 Å². The van der Waals surface area contributed by atoms with Crippen molar-refractivity contribution in [2.45, 2.75) is 37.1 Å². The summed E-state index contributed by atoms with van der Waals surface area (Å²) in [7, 11) is 0. The number of carbonyl (C=O) groups is 2. The van der Waals surface area contributed by atoms with Crippen LogP contribution in [0.1, 0.15) is 30.3 Å². The van der Waals surface area contributed by atoms with Crippen LogP contribution in [0, 0.1) is 0 Å². The molecule has 1 aromatic heterocycles. The summed E-state index contributed by atoms with van der Waals surface area (Å²) in [6.45, 7) is 3.54. The van der Waals surface area contributed by atoms with Gasteiger partial charge in [-0.25, -0.2) is 9.78 Å². The van der Waals surface area contributed by atoms with Gasteiger partial charge in [-0.05, 0) is 26.0 Å². The number of hydrogen-bond acceptors (Lipinski definition) is 6. The van der Waals surface area contributed by atoms with Crippen molar-refractivity contribution < 1.29 is 14.3 Å². The SMILES string of the molecule is CSc1nc(C(=O)N2CCC(N3CC(C)OC3=O)CC2)cc(=O)[nH]1. The van der Waals surface area contributed by atoms with Crippen molar-refractivity contribution in [3.05, 3.63) is 22.1 Å². The number of carbonyl (C=O) groups excluding carboxylic acids is 2. The number of aromatic nitrogens is 2. The minimum Gasteiger partial charge on any atom is -0.444 e. The van der Waals surface area contributed by atoms with Gasteiger partial charge in [0.05, 0.1) is 6.54 Å². The number of rotatable bonds is 3. The molecule has 0 aromatic carbocycles. The third-order valence-corrected chi connectivity index (χ3v) is 4.90. The van der Waals surface area contributed by atoms with E-state index in [9.17, 15) is 14.4 Å². The first-order chi connectivity index (χ1) is 11.5. The fourth-order valence-electron chi connectivity index (χ4n) is 3.11. The van der Waals surface area contributed by atoms with Crippen molar-refractivity contribution in [2.24, 2.45) is 0 Å². The molecule has 2 aliphatic rings. The molecular formula is C15H20N4O4S. The molecule has 0 radical (unpaired) electrons. The summed E-state index contributed by atoms with van der Waals surface area (Å²) in [5.41, 5.74) is -0.169. The van der Waals surface area contributed by atoms with Gasteiger partial charge in [0.25, 0.3) is 11.5 Å². The van der Waals surface area contributed by atoms with Crippen molar-refractivity contribution in [3.63, 3.8) is 0 Å². The highest BCUT2D eigenvalue weighted by Gasteiger charge is 2.36. The zero-order valence-corrected chi connectivity index (χ0v) is 14.5. The molecule has 8 nitrogen and oxygen atoms in total. The number of aromatic amines is 1. The van der Waals surface area contributed by atoms with Gasteiger partial charge in [-0.3, -0.25) is 9.59 Å². The molecule has 1 N–H and O–H groups in total. The highest BCUT2D eigenvalue weighted by molar-refractivity contribution is 7.98. The highest BCUT2D eigenvalue weighted by Crippen LogP contribution is 2.23. The number of amides is 2. The van der Waals surface area contributed by atoms with Crippen LogP contribution in [0.25, 0.3) is 0 Å². The predicted molar refractivity (Wildman–Crippen MR) is 88.2 cm³/mol. The number of nitrogens with one attached hydrogen (secondary N) is 1. The summed E-state index contributed by atoms with van der Waals surface area (Å²) >= 11 is 1.28. The number of likely N-dealkylation sites (tertiary alicyclic amines) is 1. The van der Waals surface area contributed by atoms with Crippen LogP contribution in [0.5, 0.6) is 0 Å². The Bertz CT molecular complexity index is 699. The first kappa shape index (κ1) is 16.8. The van der Waals surface area contributed by atoms with E-state index in [4.69, 9.17) is 4.74 Å². The molecular weight excluding hydrogens is 332 g/mol. The van der Waals surface area contributed by atoms with Gasteiger partial charge in [0.2, 0.25) is 0 Å². The Morgan fingerprint density at radius 1 is 1.38 bits per heavy atom. The molecule has 1 aromatic rings. The van der Waals surface area contributed by atoms with E-state index in [0.717, 1.165) is 0 Å². The molecule has 3 rings (SSSR count). The van der Waals surface area contributed by atoms with E-state index in [2.05, 4.69) is 9.97 Å². The van der Waals surface area contributed by atoms with Crippen LogP contribution in [0.15, 0.2) is 16.0 Å². The van der Waals surface area contributed by atoms with Crippen LogP contribution in [0.3, 0.4) is 0 Å². The molecule has 3 heterocycles. The molecule has 130 valence electrons. The van der Waals surface area contributed by atoms with E-state index >= 15 is 0 Å². The van der Waals surface area contributed by atoms with Crippen LogP contribution in [-0.4, -0.2) is 69.8 Å². The number of cyclic esters (lactones) is 1. The molecule has 24 heavy (non-hydrogen) atoms. The second-order valence-electron chi connectivity index (χ2n) is 6.01. The Balaban J connectivity index is 1.64. The summed E-state index contributed by atoms with van der Waals surface area (Å²) in [5, 5.41) is 0.425. The summed E-state index contributed by atoms with van der Waals surface area (Å²) in [6.07, 6.45) is 2.84. The first-order valence-corrected chi connectivity index (χ1v) is 9.12. The summed E-state index contributed by atoms with van der Waals surface area (Å²) in [4.78, 5) is 46.2. The van der Waals surface area contributed by atoms with Crippen molar-refractivity contribution in [1.29, 1.82) is 0 Å². The molecule has 0 saturated carbocycles. The lowest BCUT2D eigenvalue weighted by Gasteiger charge is -2.35. The monoisotopic (exact) mass is 352 g/mol. The van der Waals surface area contributed by atoms with Crippen LogP contribution in [0.4, 0.5) is 4.79 Å². The Morgan fingerprint density at radius 2 is 2.08 bits per heavy atom. The Morgan fingerprint density at radius 3 is 2.67 bits per heavy atom. The number of ether oxygens (including phenoxy) is 1. The lowest BCUT2D eigenvalue weighted by molar-refractivity contribution is 0.0651. The summed E-state index contributed by atoms with van der Waals surface area (Å²) < 4.78 is 5.17. The number of H-pyrrole nitrogens is 1. The topological polar surface area (TPSA) is 95.6 Å². The molecule has 0 spiro atoms. The molecule has 2 aliphatic heterocycles. The maximum absolute atomic E-state index is 12.6. The molecule has 2 saturated heterocycles. The lowest BCUT2D eigenvalue weighted by Crippen LogP contribution is -2.47. The fraction of sp³-hybridized carbons (Fsp3) is 0.600. The van der Waals surface area contributed by atoms with E-state index in [1.54, 1.807) is 16.1 Å². The predicted octanol–water partition coefficient (Wildman–Crippen LogP) is 0.937. The highest BCUT2D eigenvalue weighted by atomic mass is 32.2. The van der Waals surface area contributed by atoms with Gasteiger partial charge in [0, 0.05) is 25.2 Å². The maximum atomic E-state index is 12.6. The third-order valence-electron chi connectivity index (χ3n) is 4.32. The van der Waals surface area contributed by atoms with Gasteiger partial charge in [0.1, 0.15) is 11.8 Å². The van der Waals surface area contributed by atoms with E-state index in [-0.39, 0.29) is 35.4 Å². The number of nitrogens with zero attached hydrogens (tertiary/aromatic N) is 3. The van der Waals surface area contributed by atoms with Gasteiger partial charge >= 0.3 is 6.09 Å². The average molecular weight is 352 g/mol. The van der Waals surface area contributed by atoms with Gasteiger partial charge in [0.15, 0.2) is 5.16 Å². The minimum absolute atomic E-state index is 0.0811. The standard InChI is InChI=1S/C15H20N4O4S/c1-9-8-19(15(22)23-9)10-3-5-18(6-4-10)13(21)11-7-12(20)17-14(16-11)24-2/h7,9-10H,3-6,8H2,1-2H3,(H,16,17,20). The maximum Gasteiger partial charge on any atom is 0.410 e. The third kappa shape index (κ3) is 3.40. The van der Waals surface area contributed by atoms with Gasteiger partial charge in [-0.2, -0.15) is 0 Å². The van der Waals surface area contributed by atoms with Gasteiger partial charge < -0.3 is 19.5 Å². The number of piperidine rings is 1. The largest absolute Gasteiger partial charge is 0.444 e. The Kier molecular flexibility index (Phi) is 4.79. The summed E-state index contributed by atoms with van der Waals surface area (Å²) in [5.74, 6) is -0.243. The van der Waals surface area contributed by atoms with E-state index in [1.165, 1.54) is 17.8 Å². The molecule has 1 atom stereocenters. The Labute approximate surface area is 143 Å². The smallest absolute Gasteiger partial charge is 0.410 e. The minimum atomic E-state index is -0.332. The van der Waals surface area contributed by atoms with Gasteiger partial charge in [-0.1, -0.05) is 11.8 Å². The first-order valence-electron chi connectivity index (χ1n) is 7.90. The van der Waals surface area contributed by atoms with E-state index < -0.39 is 0 Å². The molecule has 2 amide bonds. The van der Waals surface area contributed by atoms with Crippen molar-refractivity contribution in [3.8, 4) is 0 Å². The molecule has 9 heteroatoms. The zero-order valence-electron chi connectivity index (χ0n) is 13.7. The van der Waals surface area contributed by atoms with Crippen molar-refractivity contribution in [2.75, 3.05) is 25.9 Å². The lowest BCUT2D eigenvalue weighted by atomic mass is 10.0. The fourth-order valence-corrected chi connectivity index (χ4v) is 3.50. The van der Waals surface area contributed by atoms with Crippen LogP contribution in [0.2, 0.25) is 0 Å². The Hall–Kier alpha value is -2.03. The number of thioether (sulfide) groups is 1. The average Bonchev–Trinajstić information content (AvgIpc) is 2.92. The normalized spacial score (nSPS) is 21.9. The van der Waals surface area contributed by atoms with Crippen molar-refractivity contribution >= 4 is 23.8 Å². The van der Waals surface area contributed by atoms with Crippen LogP contribution >= 0.6 is 11.8 Å². The quantitative estimate of drug-likeness (QED) is 0.642. The van der Waals surface area contributed by atoms with Gasteiger partial charge in [-0.15, -0.1) is 0 Å². The summed E-state index contributed by atoms with van der Waals surface area (Å²) in [6, 6.07) is 1.33. The van der Waals surface area contributed by atoms with Crippen LogP contribution in [-0.2, 0) is 4.74 Å². The second kappa shape index (κ2) is 6.84. The molecule has 0 aliphatic carbocycles.